The molecule has 0 bridgehead atoms. The van der Waals surface area contributed by atoms with E-state index < -0.39 is 17.6 Å². The number of aliphatic hydroxyl groups is 1. The number of benzene rings is 1. The molecular weight excluding hydrogens is 339 g/mol. The predicted octanol–water partition coefficient (Wildman–Crippen LogP) is 3.31. The predicted molar refractivity (Wildman–Crippen MR) is 72.4 cm³/mol. The maximum absolute atomic E-state index is 13.0. The summed E-state index contributed by atoms with van der Waals surface area (Å²) in [7, 11) is 0. The van der Waals surface area contributed by atoms with E-state index in [2.05, 4.69) is 15.9 Å². The Labute approximate surface area is 123 Å². The normalized spacial score (nSPS) is 11.5. The fourth-order valence-electron chi connectivity index (χ4n) is 1.77. The SMILES string of the molecule is CCN(CCCO)C(=O)c1ccc(Br)cc1C(F)(F)F. The molecule has 0 saturated carbocycles. The molecule has 0 fully saturated rings. The van der Waals surface area contributed by atoms with Crippen molar-refractivity contribution in [3.8, 4) is 0 Å². The summed E-state index contributed by atoms with van der Waals surface area (Å²) in [6.45, 7) is 2.07. The molecule has 1 aromatic carbocycles. The average molecular weight is 354 g/mol. The standard InChI is InChI=1S/C13H15BrF3NO2/c1-2-18(6-3-7-19)12(20)10-5-4-9(14)8-11(10)13(15,16)17/h4-5,8,19H,2-3,6-7H2,1H3. The average Bonchev–Trinajstić information content (AvgIpc) is 2.38. The minimum absolute atomic E-state index is 0.115. The Kier molecular flexibility index (Phi) is 6.01. The van der Waals surface area contributed by atoms with Crippen LogP contribution in [0.25, 0.3) is 0 Å². The van der Waals surface area contributed by atoms with E-state index in [-0.39, 0.29) is 29.7 Å². The number of halogens is 4. The Morgan fingerprint density at radius 2 is 2.05 bits per heavy atom. The van der Waals surface area contributed by atoms with Gasteiger partial charge in [-0.2, -0.15) is 13.2 Å². The Balaban J connectivity index is 3.14. The Morgan fingerprint density at radius 3 is 2.55 bits per heavy atom. The second-order valence-corrected chi connectivity index (χ2v) is 5.07. The third-order valence-electron chi connectivity index (χ3n) is 2.77. The van der Waals surface area contributed by atoms with Crippen molar-refractivity contribution in [2.75, 3.05) is 19.7 Å². The second-order valence-electron chi connectivity index (χ2n) is 4.15. The summed E-state index contributed by atoms with van der Waals surface area (Å²) in [4.78, 5) is 13.5. The highest BCUT2D eigenvalue weighted by molar-refractivity contribution is 9.10. The molecule has 20 heavy (non-hydrogen) atoms. The maximum Gasteiger partial charge on any atom is 0.417 e. The summed E-state index contributed by atoms with van der Waals surface area (Å²) in [6.07, 6.45) is -4.26. The molecule has 0 aromatic heterocycles. The van der Waals surface area contributed by atoms with Gasteiger partial charge in [0.15, 0.2) is 0 Å². The van der Waals surface area contributed by atoms with Crippen LogP contribution in [-0.2, 0) is 6.18 Å². The molecule has 7 heteroatoms. The number of alkyl halides is 3. The molecule has 1 N–H and O–H groups in total. The Hall–Kier alpha value is -1.08. The van der Waals surface area contributed by atoms with Crippen LogP contribution >= 0.6 is 15.9 Å². The first-order valence-electron chi connectivity index (χ1n) is 6.08. The van der Waals surface area contributed by atoms with Crippen LogP contribution in [0.4, 0.5) is 13.2 Å². The van der Waals surface area contributed by atoms with Crippen LogP contribution in [0.2, 0.25) is 0 Å². The van der Waals surface area contributed by atoms with Gasteiger partial charge in [0.1, 0.15) is 0 Å². The van der Waals surface area contributed by atoms with Crippen LogP contribution in [0.3, 0.4) is 0 Å². The first kappa shape index (κ1) is 17.0. The van der Waals surface area contributed by atoms with Crippen molar-refractivity contribution < 1.29 is 23.1 Å². The van der Waals surface area contributed by atoms with E-state index in [0.29, 0.717) is 6.42 Å². The molecule has 1 rings (SSSR count). The smallest absolute Gasteiger partial charge is 0.396 e. The van der Waals surface area contributed by atoms with Gasteiger partial charge >= 0.3 is 6.18 Å². The van der Waals surface area contributed by atoms with E-state index in [1.807, 2.05) is 0 Å². The second kappa shape index (κ2) is 7.08. The van der Waals surface area contributed by atoms with E-state index in [0.717, 1.165) is 12.1 Å². The Morgan fingerprint density at radius 1 is 1.40 bits per heavy atom. The minimum Gasteiger partial charge on any atom is -0.396 e. The number of hydrogen-bond donors (Lipinski definition) is 1. The zero-order valence-corrected chi connectivity index (χ0v) is 12.5. The molecule has 0 aliphatic rings. The maximum atomic E-state index is 13.0. The van der Waals surface area contributed by atoms with Crippen molar-refractivity contribution in [3.63, 3.8) is 0 Å². The van der Waals surface area contributed by atoms with Crippen LogP contribution in [0.5, 0.6) is 0 Å². The zero-order chi connectivity index (χ0) is 15.3. The molecule has 0 spiro atoms. The largest absolute Gasteiger partial charge is 0.417 e. The van der Waals surface area contributed by atoms with Gasteiger partial charge < -0.3 is 10.0 Å². The van der Waals surface area contributed by atoms with E-state index in [1.54, 1.807) is 6.92 Å². The van der Waals surface area contributed by atoms with Crippen LogP contribution in [0, 0.1) is 0 Å². The van der Waals surface area contributed by atoms with Gasteiger partial charge in [0.2, 0.25) is 0 Å². The van der Waals surface area contributed by atoms with E-state index in [9.17, 15) is 18.0 Å². The summed E-state index contributed by atoms with van der Waals surface area (Å²) in [5, 5.41) is 8.76. The fourth-order valence-corrected chi connectivity index (χ4v) is 2.13. The molecule has 112 valence electrons. The van der Waals surface area contributed by atoms with Crippen molar-refractivity contribution in [1.29, 1.82) is 0 Å². The highest BCUT2D eigenvalue weighted by Crippen LogP contribution is 2.34. The van der Waals surface area contributed by atoms with Gasteiger partial charge in [-0.3, -0.25) is 4.79 Å². The quantitative estimate of drug-likeness (QED) is 0.882. The topological polar surface area (TPSA) is 40.5 Å². The van der Waals surface area contributed by atoms with Crippen molar-refractivity contribution in [2.24, 2.45) is 0 Å². The molecule has 1 aromatic rings. The number of carbonyl (C=O) groups is 1. The lowest BCUT2D eigenvalue weighted by atomic mass is 10.1. The highest BCUT2D eigenvalue weighted by Gasteiger charge is 2.36. The van der Waals surface area contributed by atoms with Gasteiger partial charge in [0.05, 0.1) is 11.1 Å². The monoisotopic (exact) mass is 353 g/mol. The lowest BCUT2D eigenvalue weighted by Gasteiger charge is -2.22. The summed E-state index contributed by atoms with van der Waals surface area (Å²) in [5.74, 6) is -0.680. The fraction of sp³-hybridized carbons (Fsp3) is 0.462. The van der Waals surface area contributed by atoms with Crippen LogP contribution < -0.4 is 0 Å². The lowest BCUT2D eigenvalue weighted by Crippen LogP contribution is -2.33. The number of rotatable bonds is 5. The number of nitrogens with zero attached hydrogens (tertiary/aromatic N) is 1. The molecule has 0 saturated heterocycles. The molecule has 1 amide bonds. The molecular formula is C13H15BrF3NO2. The third-order valence-corrected chi connectivity index (χ3v) is 3.27. The summed E-state index contributed by atoms with van der Waals surface area (Å²) in [5.41, 5.74) is -1.33. The van der Waals surface area contributed by atoms with E-state index in [1.165, 1.54) is 11.0 Å². The summed E-state index contributed by atoms with van der Waals surface area (Å²) < 4.78 is 39.2. The van der Waals surface area contributed by atoms with Gasteiger partial charge in [0.25, 0.3) is 5.91 Å². The number of aliphatic hydroxyl groups excluding tert-OH is 1. The van der Waals surface area contributed by atoms with E-state index in [4.69, 9.17) is 5.11 Å². The van der Waals surface area contributed by atoms with Gasteiger partial charge in [-0.1, -0.05) is 15.9 Å². The van der Waals surface area contributed by atoms with Gasteiger partial charge in [-0.05, 0) is 31.5 Å². The lowest BCUT2D eigenvalue weighted by molar-refractivity contribution is -0.138. The number of carbonyl (C=O) groups excluding carboxylic acids is 1. The van der Waals surface area contributed by atoms with Crippen molar-refractivity contribution in [1.82, 2.24) is 4.90 Å². The van der Waals surface area contributed by atoms with Crippen LogP contribution in [-0.4, -0.2) is 35.6 Å². The Bertz CT molecular complexity index is 477. The van der Waals surface area contributed by atoms with Crippen LogP contribution in [0.15, 0.2) is 22.7 Å². The number of hydrogen-bond acceptors (Lipinski definition) is 2. The minimum atomic E-state index is -4.59. The highest BCUT2D eigenvalue weighted by atomic mass is 79.9. The van der Waals surface area contributed by atoms with Gasteiger partial charge in [-0.25, -0.2) is 0 Å². The molecule has 0 aliphatic heterocycles. The van der Waals surface area contributed by atoms with Crippen molar-refractivity contribution in [2.45, 2.75) is 19.5 Å². The molecule has 0 heterocycles. The first-order valence-corrected chi connectivity index (χ1v) is 6.87. The summed E-state index contributed by atoms with van der Waals surface area (Å²) in [6, 6.07) is 3.46. The molecule has 0 radical (unpaired) electrons. The van der Waals surface area contributed by atoms with Crippen molar-refractivity contribution >= 4 is 21.8 Å². The summed E-state index contributed by atoms with van der Waals surface area (Å²) >= 11 is 2.98. The van der Waals surface area contributed by atoms with E-state index >= 15 is 0 Å². The molecule has 0 unspecified atom stereocenters. The number of amides is 1. The molecule has 0 aliphatic carbocycles. The van der Waals surface area contributed by atoms with Crippen LogP contribution in [0.1, 0.15) is 29.3 Å². The van der Waals surface area contributed by atoms with Crippen molar-refractivity contribution in [3.05, 3.63) is 33.8 Å². The molecule has 0 atom stereocenters. The van der Waals surface area contributed by atoms with Gasteiger partial charge in [0, 0.05) is 24.2 Å². The van der Waals surface area contributed by atoms with Gasteiger partial charge in [-0.15, -0.1) is 0 Å². The molecule has 3 nitrogen and oxygen atoms in total. The third kappa shape index (κ3) is 4.21. The first-order chi connectivity index (χ1) is 9.31. The zero-order valence-electron chi connectivity index (χ0n) is 10.9.